The standard InChI is InChI=1S/C9H17NO.C2H6/c1-6(2)8-4-5-10-9(8)7(3)11;1-2/h6,8-10H,4-5H2,1-3H3;1-2H3. The van der Waals surface area contributed by atoms with Gasteiger partial charge in [-0.3, -0.25) is 4.79 Å². The van der Waals surface area contributed by atoms with E-state index in [2.05, 4.69) is 19.2 Å². The minimum atomic E-state index is 0.134. The fourth-order valence-corrected chi connectivity index (χ4v) is 1.89. The minimum Gasteiger partial charge on any atom is -0.307 e. The predicted octanol–water partition coefficient (Wildman–Crippen LogP) is 2.24. The first-order valence-corrected chi connectivity index (χ1v) is 5.36. The van der Waals surface area contributed by atoms with Crippen molar-refractivity contribution in [3.8, 4) is 0 Å². The lowest BCUT2D eigenvalue weighted by Crippen LogP contribution is -2.35. The van der Waals surface area contributed by atoms with Crippen molar-refractivity contribution >= 4 is 5.78 Å². The average molecular weight is 185 g/mol. The highest BCUT2D eigenvalue weighted by atomic mass is 16.1. The normalized spacial score (nSPS) is 26.9. The quantitative estimate of drug-likeness (QED) is 0.715. The molecule has 0 radical (unpaired) electrons. The molecule has 1 heterocycles. The van der Waals surface area contributed by atoms with E-state index < -0.39 is 0 Å². The molecule has 1 N–H and O–H groups in total. The van der Waals surface area contributed by atoms with Gasteiger partial charge in [-0.15, -0.1) is 0 Å². The Morgan fingerprint density at radius 2 is 1.92 bits per heavy atom. The van der Waals surface area contributed by atoms with Gasteiger partial charge in [-0.2, -0.15) is 0 Å². The molecule has 0 spiro atoms. The Kier molecular flexibility index (Phi) is 5.97. The summed E-state index contributed by atoms with van der Waals surface area (Å²) in [5.74, 6) is 1.48. The van der Waals surface area contributed by atoms with Crippen LogP contribution in [0.3, 0.4) is 0 Å². The zero-order valence-electron chi connectivity index (χ0n) is 9.55. The van der Waals surface area contributed by atoms with Gasteiger partial charge in [0.05, 0.1) is 6.04 Å². The molecular weight excluding hydrogens is 162 g/mol. The monoisotopic (exact) mass is 185 g/mol. The Labute approximate surface area is 82.1 Å². The first-order valence-electron chi connectivity index (χ1n) is 5.36. The summed E-state index contributed by atoms with van der Waals surface area (Å²) >= 11 is 0. The van der Waals surface area contributed by atoms with Crippen molar-refractivity contribution in [3.05, 3.63) is 0 Å². The lowest BCUT2D eigenvalue weighted by molar-refractivity contribution is -0.119. The van der Waals surface area contributed by atoms with E-state index in [4.69, 9.17) is 0 Å². The number of ketones is 1. The van der Waals surface area contributed by atoms with Crippen molar-refractivity contribution in [2.75, 3.05) is 6.54 Å². The minimum absolute atomic E-state index is 0.134. The van der Waals surface area contributed by atoms with Crippen molar-refractivity contribution in [1.82, 2.24) is 5.32 Å². The summed E-state index contributed by atoms with van der Waals surface area (Å²) in [4.78, 5) is 11.1. The fourth-order valence-electron chi connectivity index (χ4n) is 1.89. The molecule has 0 aliphatic carbocycles. The van der Waals surface area contributed by atoms with Crippen molar-refractivity contribution in [2.45, 2.75) is 47.1 Å². The maximum absolute atomic E-state index is 11.1. The Morgan fingerprint density at radius 3 is 2.23 bits per heavy atom. The number of hydrogen-bond donors (Lipinski definition) is 1. The fraction of sp³-hybridized carbons (Fsp3) is 0.909. The van der Waals surface area contributed by atoms with E-state index in [1.54, 1.807) is 6.92 Å². The second-order valence-electron chi connectivity index (χ2n) is 3.74. The number of carbonyl (C=O) groups is 1. The summed E-state index contributed by atoms with van der Waals surface area (Å²) in [6.07, 6.45) is 1.15. The second kappa shape index (κ2) is 6.14. The van der Waals surface area contributed by atoms with Gasteiger partial charge in [-0.25, -0.2) is 0 Å². The van der Waals surface area contributed by atoms with Crippen LogP contribution in [0.2, 0.25) is 0 Å². The molecule has 1 aliphatic heterocycles. The SMILES string of the molecule is CC.CC(=O)C1NCCC1C(C)C. The highest BCUT2D eigenvalue weighted by molar-refractivity contribution is 5.82. The van der Waals surface area contributed by atoms with Crippen LogP contribution in [-0.4, -0.2) is 18.4 Å². The first-order chi connectivity index (χ1) is 6.13. The van der Waals surface area contributed by atoms with Crippen LogP contribution in [0, 0.1) is 11.8 Å². The summed E-state index contributed by atoms with van der Waals surface area (Å²) in [6, 6.07) is 0.134. The van der Waals surface area contributed by atoms with E-state index in [9.17, 15) is 4.79 Å². The molecule has 0 bridgehead atoms. The average Bonchev–Trinajstić information content (AvgIpc) is 2.55. The number of nitrogens with one attached hydrogen (secondary N) is 1. The lowest BCUT2D eigenvalue weighted by Gasteiger charge is -2.19. The van der Waals surface area contributed by atoms with Crippen molar-refractivity contribution < 1.29 is 4.79 Å². The molecule has 13 heavy (non-hydrogen) atoms. The van der Waals surface area contributed by atoms with Crippen LogP contribution >= 0.6 is 0 Å². The number of hydrogen-bond acceptors (Lipinski definition) is 2. The van der Waals surface area contributed by atoms with E-state index in [0.29, 0.717) is 17.6 Å². The van der Waals surface area contributed by atoms with Crippen molar-refractivity contribution in [3.63, 3.8) is 0 Å². The zero-order valence-corrected chi connectivity index (χ0v) is 9.55. The molecule has 1 aliphatic rings. The number of rotatable bonds is 2. The predicted molar refractivity (Wildman–Crippen MR) is 56.8 cm³/mol. The first kappa shape index (κ1) is 12.6. The van der Waals surface area contributed by atoms with Crippen molar-refractivity contribution in [2.24, 2.45) is 11.8 Å². The molecule has 78 valence electrons. The smallest absolute Gasteiger partial charge is 0.146 e. The molecule has 2 nitrogen and oxygen atoms in total. The van der Waals surface area contributed by atoms with E-state index in [1.807, 2.05) is 13.8 Å². The van der Waals surface area contributed by atoms with Gasteiger partial charge in [0.15, 0.2) is 0 Å². The van der Waals surface area contributed by atoms with Crippen LogP contribution in [0.15, 0.2) is 0 Å². The molecule has 1 rings (SSSR count). The maximum atomic E-state index is 11.1. The van der Waals surface area contributed by atoms with Crippen LogP contribution in [-0.2, 0) is 4.79 Å². The summed E-state index contributed by atoms with van der Waals surface area (Å²) < 4.78 is 0. The highest BCUT2D eigenvalue weighted by Crippen LogP contribution is 2.24. The van der Waals surface area contributed by atoms with E-state index in [1.165, 1.54) is 0 Å². The molecule has 1 fully saturated rings. The maximum Gasteiger partial charge on any atom is 0.146 e. The van der Waals surface area contributed by atoms with Crippen LogP contribution < -0.4 is 5.32 Å². The summed E-state index contributed by atoms with van der Waals surface area (Å²) in [6.45, 7) is 11.1. The van der Waals surface area contributed by atoms with Gasteiger partial charge in [-0.1, -0.05) is 27.7 Å². The van der Waals surface area contributed by atoms with Crippen LogP contribution in [0.4, 0.5) is 0 Å². The van der Waals surface area contributed by atoms with Gasteiger partial charge in [-0.05, 0) is 31.7 Å². The summed E-state index contributed by atoms with van der Waals surface area (Å²) in [5, 5.41) is 3.24. The highest BCUT2D eigenvalue weighted by Gasteiger charge is 2.31. The molecule has 2 unspecified atom stereocenters. The van der Waals surface area contributed by atoms with Gasteiger partial charge in [0.25, 0.3) is 0 Å². The van der Waals surface area contributed by atoms with Crippen molar-refractivity contribution in [1.29, 1.82) is 0 Å². The van der Waals surface area contributed by atoms with Gasteiger partial charge < -0.3 is 5.32 Å². The Bertz CT molecular complexity index is 154. The van der Waals surface area contributed by atoms with E-state index in [0.717, 1.165) is 13.0 Å². The molecule has 0 aromatic rings. The molecule has 0 saturated carbocycles. The molecule has 1 saturated heterocycles. The third kappa shape index (κ3) is 3.47. The Morgan fingerprint density at radius 1 is 1.38 bits per heavy atom. The Balaban J connectivity index is 0.000000671. The second-order valence-corrected chi connectivity index (χ2v) is 3.74. The third-order valence-corrected chi connectivity index (χ3v) is 2.56. The van der Waals surface area contributed by atoms with Crippen LogP contribution in [0.1, 0.15) is 41.0 Å². The number of Topliss-reactive ketones (excluding diaryl/α,β-unsaturated/α-hetero) is 1. The molecule has 2 atom stereocenters. The summed E-state index contributed by atoms with van der Waals surface area (Å²) in [7, 11) is 0. The topological polar surface area (TPSA) is 29.1 Å². The van der Waals surface area contributed by atoms with Crippen LogP contribution in [0.25, 0.3) is 0 Å². The molecule has 0 amide bonds. The number of carbonyl (C=O) groups excluding carboxylic acids is 1. The lowest BCUT2D eigenvalue weighted by atomic mass is 9.87. The third-order valence-electron chi connectivity index (χ3n) is 2.56. The van der Waals surface area contributed by atoms with Gasteiger partial charge in [0.1, 0.15) is 5.78 Å². The van der Waals surface area contributed by atoms with E-state index >= 15 is 0 Å². The van der Waals surface area contributed by atoms with Crippen LogP contribution in [0.5, 0.6) is 0 Å². The summed E-state index contributed by atoms with van der Waals surface area (Å²) in [5.41, 5.74) is 0. The Hall–Kier alpha value is -0.370. The van der Waals surface area contributed by atoms with E-state index in [-0.39, 0.29) is 6.04 Å². The van der Waals surface area contributed by atoms with Gasteiger partial charge >= 0.3 is 0 Å². The molecule has 0 aromatic heterocycles. The zero-order chi connectivity index (χ0) is 10.4. The van der Waals surface area contributed by atoms with Gasteiger partial charge in [0, 0.05) is 0 Å². The largest absolute Gasteiger partial charge is 0.307 e. The molecule has 0 aromatic carbocycles. The molecular formula is C11H23NO. The van der Waals surface area contributed by atoms with Gasteiger partial charge in [0.2, 0.25) is 0 Å². The molecule has 2 heteroatoms.